The van der Waals surface area contributed by atoms with E-state index in [0.717, 1.165) is 0 Å². The number of halogens is 1. The molecule has 2 unspecified atom stereocenters. The number of nitro groups is 1. The number of aromatic carboxylic acids is 1. The molecule has 24 heavy (non-hydrogen) atoms. The van der Waals surface area contributed by atoms with Crippen LogP contribution >= 0.6 is 11.6 Å². The van der Waals surface area contributed by atoms with Crippen molar-refractivity contribution >= 4 is 23.1 Å². The summed E-state index contributed by atoms with van der Waals surface area (Å²) < 4.78 is 5.38. The number of hydrogen-bond acceptors (Lipinski definition) is 5. The SMILES string of the molecule is O=C(O)c1cccc(-c2nc(C3=CC([N+](=O)[O-])C(Cl)C=C3)co2)c1. The normalized spacial score (nSPS) is 19.8. The van der Waals surface area contributed by atoms with Gasteiger partial charge in [-0.1, -0.05) is 18.2 Å². The van der Waals surface area contributed by atoms with Crippen molar-refractivity contribution in [1.29, 1.82) is 0 Å². The van der Waals surface area contributed by atoms with Gasteiger partial charge in [-0.3, -0.25) is 10.1 Å². The number of nitrogens with zero attached hydrogens (tertiary/aromatic N) is 2. The van der Waals surface area contributed by atoms with Gasteiger partial charge in [0.2, 0.25) is 5.89 Å². The molecule has 1 N–H and O–H groups in total. The van der Waals surface area contributed by atoms with E-state index in [2.05, 4.69) is 4.98 Å². The zero-order chi connectivity index (χ0) is 17.3. The van der Waals surface area contributed by atoms with Crippen molar-refractivity contribution in [3.05, 3.63) is 70.1 Å². The molecular formula is C16H11ClN2O5. The monoisotopic (exact) mass is 346 g/mol. The highest BCUT2D eigenvalue weighted by Crippen LogP contribution is 2.27. The quantitative estimate of drug-likeness (QED) is 0.517. The van der Waals surface area contributed by atoms with Crippen LogP contribution in [-0.4, -0.2) is 32.4 Å². The van der Waals surface area contributed by atoms with E-state index in [4.69, 9.17) is 21.1 Å². The lowest BCUT2D eigenvalue weighted by molar-refractivity contribution is -0.507. The Bertz CT molecular complexity index is 871. The molecule has 1 aromatic carbocycles. The Kier molecular flexibility index (Phi) is 4.18. The highest BCUT2D eigenvalue weighted by molar-refractivity contribution is 6.22. The van der Waals surface area contributed by atoms with Gasteiger partial charge in [0.25, 0.3) is 6.04 Å². The summed E-state index contributed by atoms with van der Waals surface area (Å²) >= 11 is 5.91. The standard InChI is InChI=1S/C16H11ClN2O5/c17-12-5-4-9(7-14(12)19(22)23)13-8-24-15(18-13)10-2-1-3-11(6-10)16(20)21/h1-8,12,14H,(H,20,21). The average Bonchev–Trinajstić information content (AvgIpc) is 3.05. The third-order valence-electron chi connectivity index (χ3n) is 3.54. The molecule has 1 aromatic heterocycles. The zero-order valence-corrected chi connectivity index (χ0v) is 12.9. The maximum Gasteiger partial charge on any atom is 0.335 e. The Labute approximate surface area is 141 Å². The summed E-state index contributed by atoms with van der Waals surface area (Å²) in [6.07, 6.45) is 5.97. The molecule has 122 valence electrons. The molecule has 0 amide bonds. The van der Waals surface area contributed by atoms with Crippen molar-refractivity contribution in [2.24, 2.45) is 0 Å². The Morgan fingerprint density at radius 2 is 2.21 bits per heavy atom. The minimum absolute atomic E-state index is 0.113. The Hall–Kier alpha value is -2.93. The molecule has 3 rings (SSSR count). The fourth-order valence-electron chi connectivity index (χ4n) is 2.31. The number of alkyl halides is 1. The molecule has 0 fully saturated rings. The summed E-state index contributed by atoms with van der Waals surface area (Å²) in [5.41, 5.74) is 1.56. The van der Waals surface area contributed by atoms with Crippen molar-refractivity contribution in [2.45, 2.75) is 11.4 Å². The molecule has 0 bridgehead atoms. The number of oxazole rings is 1. The number of aromatic nitrogens is 1. The van der Waals surface area contributed by atoms with Crippen LogP contribution in [0.15, 0.2) is 53.2 Å². The topological polar surface area (TPSA) is 106 Å². The van der Waals surface area contributed by atoms with Gasteiger partial charge in [-0.25, -0.2) is 9.78 Å². The van der Waals surface area contributed by atoms with E-state index >= 15 is 0 Å². The van der Waals surface area contributed by atoms with Gasteiger partial charge >= 0.3 is 5.97 Å². The van der Waals surface area contributed by atoms with Crippen LogP contribution in [0.25, 0.3) is 17.0 Å². The molecule has 1 aliphatic carbocycles. The molecule has 8 heteroatoms. The number of allylic oxidation sites excluding steroid dienone is 2. The van der Waals surface area contributed by atoms with Gasteiger partial charge in [0.1, 0.15) is 17.3 Å². The molecule has 0 saturated carbocycles. The van der Waals surface area contributed by atoms with Crippen molar-refractivity contribution in [1.82, 2.24) is 4.98 Å². The zero-order valence-electron chi connectivity index (χ0n) is 12.1. The molecule has 1 heterocycles. The molecule has 7 nitrogen and oxygen atoms in total. The lowest BCUT2D eigenvalue weighted by Crippen LogP contribution is -2.28. The predicted molar refractivity (Wildman–Crippen MR) is 86.4 cm³/mol. The van der Waals surface area contributed by atoms with E-state index in [-0.39, 0.29) is 11.5 Å². The van der Waals surface area contributed by atoms with Crippen LogP contribution < -0.4 is 0 Å². The summed E-state index contributed by atoms with van der Waals surface area (Å²) in [4.78, 5) is 25.9. The van der Waals surface area contributed by atoms with Crippen LogP contribution in [0.4, 0.5) is 0 Å². The number of carbonyl (C=O) groups is 1. The second-order valence-corrected chi connectivity index (χ2v) is 5.63. The predicted octanol–water partition coefficient (Wildman–Crippen LogP) is 3.25. The van der Waals surface area contributed by atoms with E-state index in [0.29, 0.717) is 16.8 Å². The van der Waals surface area contributed by atoms with Gasteiger partial charge in [0.05, 0.1) is 5.56 Å². The number of carboxylic acid groups (broad SMARTS) is 1. The molecule has 0 aliphatic heterocycles. The fraction of sp³-hybridized carbons (Fsp3) is 0.125. The van der Waals surface area contributed by atoms with Crippen molar-refractivity contribution in [3.8, 4) is 11.5 Å². The first-order chi connectivity index (χ1) is 11.5. The molecule has 0 spiro atoms. The highest BCUT2D eigenvalue weighted by Gasteiger charge is 2.29. The first-order valence-electron chi connectivity index (χ1n) is 6.93. The molecule has 2 atom stereocenters. The van der Waals surface area contributed by atoms with Crippen LogP contribution in [0.5, 0.6) is 0 Å². The van der Waals surface area contributed by atoms with Gasteiger partial charge in [-0.2, -0.15) is 0 Å². The first kappa shape index (κ1) is 15.9. The molecule has 0 radical (unpaired) electrons. The fourth-order valence-corrected chi connectivity index (χ4v) is 2.55. The summed E-state index contributed by atoms with van der Waals surface area (Å²) in [7, 11) is 0. The highest BCUT2D eigenvalue weighted by atomic mass is 35.5. The molecule has 0 saturated heterocycles. The van der Waals surface area contributed by atoms with Crippen LogP contribution in [0.1, 0.15) is 16.1 Å². The van der Waals surface area contributed by atoms with Crippen molar-refractivity contribution in [3.63, 3.8) is 0 Å². The Morgan fingerprint density at radius 1 is 1.42 bits per heavy atom. The third kappa shape index (κ3) is 3.07. The van der Waals surface area contributed by atoms with Crippen LogP contribution in [0.2, 0.25) is 0 Å². The molecular weight excluding hydrogens is 336 g/mol. The van der Waals surface area contributed by atoms with Gasteiger partial charge in [-0.15, -0.1) is 11.6 Å². The Balaban J connectivity index is 1.93. The molecule has 2 aromatic rings. The smallest absolute Gasteiger partial charge is 0.335 e. The minimum Gasteiger partial charge on any atom is -0.478 e. The van der Waals surface area contributed by atoms with Gasteiger partial charge in [0.15, 0.2) is 0 Å². The van der Waals surface area contributed by atoms with Crippen LogP contribution in [-0.2, 0) is 0 Å². The van der Waals surface area contributed by atoms with Crippen LogP contribution in [0.3, 0.4) is 0 Å². The first-order valence-corrected chi connectivity index (χ1v) is 7.36. The van der Waals surface area contributed by atoms with Crippen molar-refractivity contribution in [2.75, 3.05) is 0 Å². The van der Waals surface area contributed by atoms with E-state index in [1.54, 1.807) is 18.2 Å². The van der Waals surface area contributed by atoms with Gasteiger partial charge < -0.3 is 9.52 Å². The lowest BCUT2D eigenvalue weighted by Gasteiger charge is -2.13. The maximum absolute atomic E-state index is 11.0. The van der Waals surface area contributed by atoms with Crippen molar-refractivity contribution < 1.29 is 19.2 Å². The Morgan fingerprint density at radius 3 is 2.92 bits per heavy atom. The van der Waals surface area contributed by atoms with Crippen LogP contribution in [0, 0.1) is 10.1 Å². The van der Waals surface area contributed by atoms with E-state index in [9.17, 15) is 14.9 Å². The number of hydrogen-bond donors (Lipinski definition) is 1. The summed E-state index contributed by atoms with van der Waals surface area (Å²) in [5.74, 6) is -0.823. The summed E-state index contributed by atoms with van der Waals surface area (Å²) in [6.45, 7) is 0. The van der Waals surface area contributed by atoms with E-state index in [1.165, 1.54) is 30.5 Å². The largest absolute Gasteiger partial charge is 0.478 e. The average molecular weight is 347 g/mol. The second kappa shape index (κ2) is 6.29. The number of benzene rings is 1. The summed E-state index contributed by atoms with van der Waals surface area (Å²) in [5, 5.41) is 19.3. The maximum atomic E-state index is 11.0. The van der Waals surface area contributed by atoms with Gasteiger partial charge in [-0.05, 0) is 18.2 Å². The van der Waals surface area contributed by atoms with E-state index in [1.807, 2.05) is 0 Å². The number of carboxylic acids is 1. The second-order valence-electron chi connectivity index (χ2n) is 5.13. The third-order valence-corrected chi connectivity index (χ3v) is 3.94. The number of rotatable bonds is 4. The van der Waals surface area contributed by atoms with E-state index < -0.39 is 22.3 Å². The summed E-state index contributed by atoms with van der Waals surface area (Å²) in [6, 6.07) is 5.12. The van der Waals surface area contributed by atoms with Gasteiger partial charge in [0, 0.05) is 22.1 Å². The minimum atomic E-state index is -1.05. The lowest BCUT2D eigenvalue weighted by atomic mass is 10.0. The molecule has 1 aliphatic rings.